The number of pyridine rings is 1. The van der Waals surface area contributed by atoms with E-state index in [1.165, 1.54) is 4.90 Å². The molecule has 2 aromatic rings. The minimum Gasteiger partial charge on any atom is -0.490 e. The third-order valence-electron chi connectivity index (χ3n) is 4.43. The summed E-state index contributed by atoms with van der Waals surface area (Å²) in [5.41, 5.74) is 1.36. The molecule has 0 aliphatic carbocycles. The molecular formula is C20H22N2O5. The summed E-state index contributed by atoms with van der Waals surface area (Å²) in [6, 6.07) is 7.89. The SMILES string of the molecule is CCOc1cc(C(=O)N2CCC[C@H]2C(=O)O)ccc1OCc1ccncc1. The van der Waals surface area contributed by atoms with Crippen molar-refractivity contribution in [3.63, 3.8) is 0 Å². The van der Waals surface area contributed by atoms with E-state index in [0.717, 1.165) is 5.56 Å². The van der Waals surface area contributed by atoms with Crippen LogP contribution in [-0.4, -0.2) is 46.1 Å². The normalized spacial score (nSPS) is 16.2. The van der Waals surface area contributed by atoms with Crippen molar-refractivity contribution >= 4 is 11.9 Å². The van der Waals surface area contributed by atoms with Crippen LogP contribution in [0.3, 0.4) is 0 Å². The quantitative estimate of drug-likeness (QED) is 0.806. The minimum atomic E-state index is -0.969. The average molecular weight is 370 g/mol. The van der Waals surface area contributed by atoms with E-state index in [-0.39, 0.29) is 5.91 Å². The molecule has 1 amide bonds. The van der Waals surface area contributed by atoms with Crippen molar-refractivity contribution in [1.29, 1.82) is 0 Å². The minimum absolute atomic E-state index is 0.304. The number of carbonyl (C=O) groups is 2. The standard InChI is InChI=1S/C20H22N2O5/c1-2-26-18-12-15(19(23)22-11-3-4-16(22)20(24)25)5-6-17(18)27-13-14-7-9-21-10-8-14/h5-10,12,16H,2-4,11,13H2,1H3,(H,24,25)/t16-/m0/s1. The molecule has 3 rings (SSSR count). The molecule has 1 saturated heterocycles. The molecule has 7 nitrogen and oxygen atoms in total. The maximum absolute atomic E-state index is 12.8. The highest BCUT2D eigenvalue weighted by atomic mass is 16.5. The molecule has 142 valence electrons. The monoisotopic (exact) mass is 370 g/mol. The first-order chi connectivity index (χ1) is 13.1. The lowest BCUT2D eigenvalue weighted by atomic mass is 10.1. The topological polar surface area (TPSA) is 89.0 Å². The van der Waals surface area contributed by atoms with Crippen molar-refractivity contribution in [2.24, 2.45) is 0 Å². The van der Waals surface area contributed by atoms with Gasteiger partial charge in [0.15, 0.2) is 11.5 Å². The van der Waals surface area contributed by atoms with Gasteiger partial charge in [0.25, 0.3) is 5.91 Å². The number of carboxylic acids is 1. The van der Waals surface area contributed by atoms with Gasteiger partial charge in [0.05, 0.1) is 6.61 Å². The smallest absolute Gasteiger partial charge is 0.326 e. The summed E-state index contributed by atoms with van der Waals surface area (Å²) in [6.45, 7) is 3.07. The van der Waals surface area contributed by atoms with Gasteiger partial charge in [-0.25, -0.2) is 4.79 Å². The second kappa shape index (κ2) is 8.53. The van der Waals surface area contributed by atoms with E-state index in [9.17, 15) is 14.7 Å². The number of carbonyl (C=O) groups excluding carboxylic acids is 1. The van der Waals surface area contributed by atoms with Crippen LogP contribution in [0.2, 0.25) is 0 Å². The van der Waals surface area contributed by atoms with Gasteiger partial charge in [0, 0.05) is 24.5 Å². The number of likely N-dealkylation sites (tertiary alicyclic amines) is 1. The van der Waals surface area contributed by atoms with Crippen molar-refractivity contribution in [1.82, 2.24) is 9.88 Å². The third-order valence-corrected chi connectivity index (χ3v) is 4.43. The molecule has 1 aromatic heterocycles. The molecule has 1 atom stereocenters. The van der Waals surface area contributed by atoms with Gasteiger partial charge >= 0.3 is 5.97 Å². The van der Waals surface area contributed by atoms with Crippen LogP contribution < -0.4 is 9.47 Å². The molecule has 27 heavy (non-hydrogen) atoms. The van der Waals surface area contributed by atoms with Crippen molar-refractivity contribution in [2.45, 2.75) is 32.4 Å². The summed E-state index contributed by atoms with van der Waals surface area (Å²) in [5.74, 6) is -0.283. The Morgan fingerprint density at radius 3 is 2.67 bits per heavy atom. The molecule has 7 heteroatoms. The Kier molecular flexibility index (Phi) is 5.90. The fourth-order valence-corrected chi connectivity index (χ4v) is 3.10. The number of benzene rings is 1. The van der Waals surface area contributed by atoms with Gasteiger partial charge in [-0.3, -0.25) is 9.78 Å². The molecule has 0 saturated carbocycles. The van der Waals surface area contributed by atoms with E-state index in [0.29, 0.717) is 49.7 Å². The summed E-state index contributed by atoms with van der Waals surface area (Å²) < 4.78 is 11.5. The van der Waals surface area contributed by atoms with Gasteiger partial charge in [-0.05, 0) is 55.7 Å². The Balaban J connectivity index is 1.78. The second-order valence-corrected chi connectivity index (χ2v) is 6.23. The summed E-state index contributed by atoms with van der Waals surface area (Å²) in [7, 11) is 0. The summed E-state index contributed by atoms with van der Waals surface area (Å²) >= 11 is 0. The molecular weight excluding hydrogens is 348 g/mol. The number of nitrogens with zero attached hydrogens (tertiary/aromatic N) is 2. The number of rotatable bonds is 7. The molecule has 0 bridgehead atoms. The van der Waals surface area contributed by atoms with Crippen molar-refractivity contribution in [3.8, 4) is 11.5 Å². The Bertz CT molecular complexity index is 809. The third kappa shape index (κ3) is 4.36. The lowest BCUT2D eigenvalue weighted by Gasteiger charge is -2.22. The zero-order valence-electron chi connectivity index (χ0n) is 15.1. The number of ether oxygens (including phenoxy) is 2. The fraction of sp³-hybridized carbons (Fsp3) is 0.350. The summed E-state index contributed by atoms with van der Waals surface area (Å²) in [5, 5.41) is 9.30. The van der Waals surface area contributed by atoms with Gasteiger partial charge in [0.2, 0.25) is 0 Å². The first-order valence-corrected chi connectivity index (χ1v) is 8.92. The first-order valence-electron chi connectivity index (χ1n) is 8.92. The maximum atomic E-state index is 12.8. The molecule has 1 aliphatic heterocycles. The summed E-state index contributed by atoms with van der Waals surface area (Å²) in [4.78, 5) is 29.5. The Hall–Kier alpha value is -3.09. The van der Waals surface area contributed by atoms with E-state index >= 15 is 0 Å². The molecule has 2 heterocycles. The molecule has 1 aliphatic rings. The second-order valence-electron chi connectivity index (χ2n) is 6.23. The highest BCUT2D eigenvalue weighted by Crippen LogP contribution is 2.31. The van der Waals surface area contributed by atoms with E-state index in [1.54, 1.807) is 30.6 Å². The predicted molar refractivity (Wildman–Crippen MR) is 97.9 cm³/mol. The lowest BCUT2D eigenvalue weighted by molar-refractivity contribution is -0.141. The molecule has 0 unspecified atom stereocenters. The van der Waals surface area contributed by atoms with Crippen molar-refractivity contribution in [2.75, 3.05) is 13.2 Å². The average Bonchev–Trinajstić information content (AvgIpc) is 3.17. The van der Waals surface area contributed by atoms with Gasteiger partial charge in [-0.2, -0.15) is 0 Å². The van der Waals surface area contributed by atoms with Crippen molar-refractivity contribution in [3.05, 3.63) is 53.9 Å². The predicted octanol–water partition coefficient (Wildman–Crippen LogP) is 2.75. The number of hydrogen-bond donors (Lipinski definition) is 1. The fourth-order valence-electron chi connectivity index (χ4n) is 3.10. The zero-order valence-corrected chi connectivity index (χ0v) is 15.1. The molecule has 0 radical (unpaired) electrons. The largest absolute Gasteiger partial charge is 0.490 e. The lowest BCUT2D eigenvalue weighted by Crippen LogP contribution is -2.40. The number of carboxylic acid groups (broad SMARTS) is 1. The molecule has 0 spiro atoms. The van der Waals surface area contributed by atoms with E-state index < -0.39 is 12.0 Å². The van der Waals surface area contributed by atoms with E-state index in [4.69, 9.17) is 9.47 Å². The zero-order chi connectivity index (χ0) is 19.2. The number of aliphatic carboxylic acids is 1. The Labute approximate surface area is 157 Å². The molecule has 1 fully saturated rings. The summed E-state index contributed by atoms with van der Waals surface area (Å²) in [6.07, 6.45) is 4.55. The van der Waals surface area contributed by atoms with E-state index in [1.807, 2.05) is 19.1 Å². The number of amides is 1. The number of aromatic nitrogens is 1. The number of hydrogen-bond acceptors (Lipinski definition) is 5. The van der Waals surface area contributed by atoms with Crippen LogP contribution in [0.1, 0.15) is 35.7 Å². The van der Waals surface area contributed by atoms with Crippen LogP contribution in [0.5, 0.6) is 11.5 Å². The Morgan fingerprint density at radius 1 is 1.19 bits per heavy atom. The van der Waals surface area contributed by atoms with Gasteiger partial charge in [-0.15, -0.1) is 0 Å². The molecule has 1 aromatic carbocycles. The first kappa shape index (κ1) is 18.7. The van der Waals surface area contributed by atoms with Crippen LogP contribution in [-0.2, 0) is 11.4 Å². The van der Waals surface area contributed by atoms with Gasteiger partial charge < -0.3 is 19.5 Å². The highest BCUT2D eigenvalue weighted by molar-refractivity contribution is 5.97. The van der Waals surface area contributed by atoms with Gasteiger partial charge in [0.1, 0.15) is 12.6 Å². The van der Waals surface area contributed by atoms with Crippen LogP contribution in [0.4, 0.5) is 0 Å². The van der Waals surface area contributed by atoms with Crippen LogP contribution >= 0.6 is 0 Å². The van der Waals surface area contributed by atoms with E-state index in [2.05, 4.69) is 4.98 Å². The maximum Gasteiger partial charge on any atom is 0.326 e. The Morgan fingerprint density at radius 2 is 1.96 bits per heavy atom. The molecule has 1 N–H and O–H groups in total. The van der Waals surface area contributed by atoms with Crippen LogP contribution in [0.25, 0.3) is 0 Å². The van der Waals surface area contributed by atoms with Crippen LogP contribution in [0, 0.1) is 0 Å². The van der Waals surface area contributed by atoms with Crippen LogP contribution in [0.15, 0.2) is 42.7 Å². The highest BCUT2D eigenvalue weighted by Gasteiger charge is 2.34. The van der Waals surface area contributed by atoms with Gasteiger partial charge in [-0.1, -0.05) is 0 Å². The van der Waals surface area contributed by atoms with Crippen molar-refractivity contribution < 1.29 is 24.2 Å².